The summed E-state index contributed by atoms with van der Waals surface area (Å²) in [7, 11) is 0. The first-order chi connectivity index (χ1) is 12.0. The summed E-state index contributed by atoms with van der Waals surface area (Å²) in [4.78, 5) is 16.0. The van der Waals surface area contributed by atoms with Crippen LogP contribution in [-0.2, 0) is 4.79 Å². The van der Waals surface area contributed by atoms with Gasteiger partial charge < -0.3 is 9.52 Å². The maximum atomic E-state index is 11.3. The molecule has 1 aromatic carbocycles. The molecule has 3 aromatic rings. The van der Waals surface area contributed by atoms with Gasteiger partial charge in [0, 0.05) is 16.1 Å². The lowest BCUT2D eigenvalue weighted by Crippen LogP contribution is -2.11. The molecule has 8 heteroatoms. The highest BCUT2D eigenvalue weighted by Gasteiger charge is 2.31. The molecule has 1 aliphatic heterocycles. The lowest BCUT2D eigenvalue weighted by atomic mass is 10.1. The van der Waals surface area contributed by atoms with Crippen molar-refractivity contribution in [2.75, 3.05) is 0 Å². The maximum absolute atomic E-state index is 11.3. The molecule has 0 spiro atoms. The Labute approximate surface area is 147 Å². The van der Waals surface area contributed by atoms with E-state index in [-0.39, 0.29) is 6.42 Å². The predicted molar refractivity (Wildman–Crippen MR) is 90.4 cm³/mol. The van der Waals surface area contributed by atoms with E-state index in [1.54, 1.807) is 29.3 Å². The van der Waals surface area contributed by atoms with Gasteiger partial charge in [-0.15, -0.1) is 10.2 Å². The zero-order valence-electron chi connectivity index (χ0n) is 13.2. The number of rotatable bonds is 3. The van der Waals surface area contributed by atoms with Gasteiger partial charge in [-0.3, -0.25) is 14.4 Å². The molecule has 0 unspecified atom stereocenters. The van der Waals surface area contributed by atoms with Crippen molar-refractivity contribution in [1.82, 2.24) is 14.8 Å². The summed E-state index contributed by atoms with van der Waals surface area (Å²) < 4.78 is 7.42. The minimum Gasteiger partial charge on any atom is -0.481 e. The van der Waals surface area contributed by atoms with Gasteiger partial charge in [-0.25, -0.2) is 0 Å². The van der Waals surface area contributed by atoms with E-state index in [0.717, 1.165) is 16.8 Å². The average Bonchev–Trinajstić information content (AvgIpc) is 3.15. The first kappa shape index (κ1) is 15.6. The number of carbonyl (C=O) groups is 1. The largest absolute Gasteiger partial charge is 0.481 e. The van der Waals surface area contributed by atoms with E-state index in [1.165, 1.54) is 0 Å². The van der Waals surface area contributed by atoms with Crippen LogP contribution >= 0.6 is 11.6 Å². The van der Waals surface area contributed by atoms with E-state index in [2.05, 4.69) is 15.2 Å². The quantitative estimate of drug-likeness (QED) is 0.777. The van der Waals surface area contributed by atoms with Crippen molar-refractivity contribution in [2.45, 2.75) is 19.4 Å². The lowest BCUT2D eigenvalue weighted by Gasteiger charge is -2.09. The van der Waals surface area contributed by atoms with E-state index in [0.29, 0.717) is 22.3 Å². The molecule has 4 rings (SSSR count). The number of hydrogen-bond acceptors (Lipinski definition) is 5. The summed E-state index contributed by atoms with van der Waals surface area (Å²) in [5.41, 5.74) is 2.92. The van der Waals surface area contributed by atoms with Crippen LogP contribution in [-0.4, -0.2) is 31.6 Å². The Morgan fingerprint density at radius 3 is 2.84 bits per heavy atom. The van der Waals surface area contributed by atoms with Crippen LogP contribution in [0, 0.1) is 6.92 Å². The summed E-state index contributed by atoms with van der Waals surface area (Å²) in [5.74, 6) is 0.0627. The molecule has 1 atom stereocenters. The van der Waals surface area contributed by atoms with Gasteiger partial charge >= 0.3 is 5.97 Å². The Balaban J connectivity index is 1.96. The van der Waals surface area contributed by atoms with Crippen LogP contribution in [0.15, 0.2) is 46.3 Å². The summed E-state index contributed by atoms with van der Waals surface area (Å²) >= 11 is 5.97. The molecule has 3 heterocycles. The molecule has 1 N–H and O–H groups in total. The number of benzene rings is 1. The number of carboxylic acids is 1. The summed E-state index contributed by atoms with van der Waals surface area (Å²) in [5, 5.41) is 18.1. The van der Waals surface area contributed by atoms with Crippen molar-refractivity contribution in [2.24, 2.45) is 4.99 Å². The molecule has 0 aliphatic carbocycles. The fourth-order valence-electron chi connectivity index (χ4n) is 2.95. The Kier molecular flexibility index (Phi) is 3.65. The molecular weight excluding hydrogens is 344 g/mol. The Morgan fingerprint density at radius 2 is 2.12 bits per heavy atom. The third-order valence-corrected chi connectivity index (χ3v) is 4.30. The number of aliphatic imine (C=N–C) groups is 1. The first-order valence-corrected chi connectivity index (χ1v) is 7.96. The zero-order chi connectivity index (χ0) is 17.6. The molecule has 0 saturated heterocycles. The number of fused-ring (bicyclic) bond motifs is 3. The standard InChI is InChI=1S/C17H13ClN4O3/c1-9-7-25-16-12(6-13(23)24)20-14(10-2-4-11(18)5-3-10)17-21-19-8-22(17)15(9)16/h2-5,7-8,12H,6H2,1H3,(H,23,24)/t12-/m0/s1. The van der Waals surface area contributed by atoms with Crippen molar-refractivity contribution in [3.8, 4) is 5.69 Å². The van der Waals surface area contributed by atoms with Crippen LogP contribution in [0.5, 0.6) is 0 Å². The number of hydrogen-bond donors (Lipinski definition) is 1. The van der Waals surface area contributed by atoms with Crippen LogP contribution in [0.2, 0.25) is 5.02 Å². The molecule has 2 aromatic heterocycles. The highest BCUT2D eigenvalue weighted by molar-refractivity contribution is 6.30. The summed E-state index contributed by atoms with van der Waals surface area (Å²) in [6.07, 6.45) is 2.98. The minimum atomic E-state index is -0.957. The van der Waals surface area contributed by atoms with Gasteiger partial charge in [0.2, 0.25) is 0 Å². The fraction of sp³-hybridized carbons (Fsp3) is 0.176. The molecule has 25 heavy (non-hydrogen) atoms. The minimum absolute atomic E-state index is 0.185. The van der Waals surface area contributed by atoms with Gasteiger partial charge in [0.15, 0.2) is 11.6 Å². The number of furan rings is 1. The molecule has 0 saturated carbocycles. The van der Waals surface area contributed by atoms with E-state index < -0.39 is 12.0 Å². The molecule has 0 radical (unpaired) electrons. The number of halogens is 1. The summed E-state index contributed by atoms with van der Waals surface area (Å²) in [6, 6.07) is 6.48. The Morgan fingerprint density at radius 1 is 1.36 bits per heavy atom. The molecular formula is C17H13ClN4O3. The molecule has 0 bridgehead atoms. The van der Waals surface area contributed by atoms with Crippen LogP contribution in [0.3, 0.4) is 0 Å². The summed E-state index contributed by atoms with van der Waals surface area (Å²) in [6.45, 7) is 1.89. The molecule has 0 amide bonds. The van der Waals surface area contributed by atoms with Crippen molar-refractivity contribution in [3.05, 3.63) is 64.6 Å². The van der Waals surface area contributed by atoms with Gasteiger partial charge in [0.05, 0.1) is 18.4 Å². The van der Waals surface area contributed by atoms with Gasteiger partial charge in [0.1, 0.15) is 18.1 Å². The van der Waals surface area contributed by atoms with Gasteiger partial charge in [-0.05, 0) is 19.1 Å². The maximum Gasteiger partial charge on any atom is 0.306 e. The smallest absolute Gasteiger partial charge is 0.306 e. The molecule has 1 aliphatic rings. The van der Waals surface area contributed by atoms with E-state index in [9.17, 15) is 9.90 Å². The number of carboxylic acid groups (broad SMARTS) is 1. The Hall–Kier alpha value is -2.93. The highest BCUT2D eigenvalue weighted by atomic mass is 35.5. The normalized spacial score (nSPS) is 15.9. The van der Waals surface area contributed by atoms with E-state index in [1.807, 2.05) is 19.1 Å². The SMILES string of the molecule is Cc1coc2c1-n1cnnc1C(c1ccc(Cl)cc1)=N[C@H]2CC(=O)O. The van der Waals surface area contributed by atoms with Crippen LogP contribution in [0.4, 0.5) is 0 Å². The number of aliphatic carboxylic acids is 1. The molecule has 126 valence electrons. The second-order valence-corrected chi connectivity index (χ2v) is 6.19. The fourth-order valence-corrected chi connectivity index (χ4v) is 3.08. The van der Waals surface area contributed by atoms with E-state index in [4.69, 9.17) is 16.0 Å². The first-order valence-electron chi connectivity index (χ1n) is 7.59. The topological polar surface area (TPSA) is 93.5 Å². The van der Waals surface area contributed by atoms with Gasteiger partial charge in [0.25, 0.3) is 0 Å². The van der Waals surface area contributed by atoms with Crippen LogP contribution < -0.4 is 0 Å². The zero-order valence-corrected chi connectivity index (χ0v) is 13.9. The lowest BCUT2D eigenvalue weighted by molar-refractivity contribution is -0.137. The van der Waals surface area contributed by atoms with Crippen molar-refractivity contribution in [1.29, 1.82) is 0 Å². The van der Waals surface area contributed by atoms with Crippen LogP contribution in [0.1, 0.15) is 35.2 Å². The van der Waals surface area contributed by atoms with E-state index >= 15 is 0 Å². The second-order valence-electron chi connectivity index (χ2n) is 5.75. The molecule has 7 nitrogen and oxygen atoms in total. The predicted octanol–water partition coefficient (Wildman–Crippen LogP) is 3.19. The number of aromatic nitrogens is 3. The third-order valence-electron chi connectivity index (χ3n) is 4.04. The van der Waals surface area contributed by atoms with Gasteiger partial charge in [-0.2, -0.15) is 0 Å². The Bertz CT molecular complexity index is 988. The molecule has 0 fully saturated rings. The second kappa shape index (κ2) is 5.86. The third kappa shape index (κ3) is 2.62. The number of nitrogens with zero attached hydrogens (tertiary/aromatic N) is 4. The van der Waals surface area contributed by atoms with Crippen molar-refractivity contribution < 1.29 is 14.3 Å². The van der Waals surface area contributed by atoms with Crippen molar-refractivity contribution >= 4 is 23.3 Å². The van der Waals surface area contributed by atoms with Crippen LogP contribution in [0.25, 0.3) is 5.69 Å². The van der Waals surface area contributed by atoms with Crippen molar-refractivity contribution in [3.63, 3.8) is 0 Å². The number of aryl methyl sites for hydroxylation is 1. The van der Waals surface area contributed by atoms with Gasteiger partial charge in [-0.1, -0.05) is 23.7 Å². The monoisotopic (exact) mass is 356 g/mol. The highest BCUT2D eigenvalue weighted by Crippen LogP contribution is 2.35. The average molecular weight is 357 g/mol.